The molecule has 0 aliphatic heterocycles. The minimum Gasteiger partial charge on any atom is -0.497 e. The molecule has 2 N–H and O–H groups in total. The van der Waals surface area contributed by atoms with Crippen LogP contribution >= 0.6 is 0 Å². The molecule has 0 unspecified atom stereocenters. The van der Waals surface area contributed by atoms with E-state index < -0.39 is 6.03 Å². The van der Waals surface area contributed by atoms with Crippen LogP contribution in [0, 0.1) is 0 Å². The van der Waals surface area contributed by atoms with Gasteiger partial charge in [0.2, 0.25) is 0 Å². The molecular formula is C38H43N5O4. The molecule has 0 spiro atoms. The highest BCUT2D eigenvalue weighted by molar-refractivity contribution is 6.08. The first-order valence-electron chi connectivity index (χ1n) is 16.1. The van der Waals surface area contributed by atoms with E-state index in [0.29, 0.717) is 35.7 Å². The minimum absolute atomic E-state index is 0.0801. The van der Waals surface area contributed by atoms with E-state index in [2.05, 4.69) is 55.2 Å². The van der Waals surface area contributed by atoms with Crippen molar-refractivity contribution in [1.82, 2.24) is 14.5 Å². The summed E-state index contributed by atoms with van der Waals surface area (Å²) in [7, 11) is 1.60. The van der Waals surface area contributed by atoms with Gasteiger partial charge in [-0.15, -0.1) is 0 Å². The smallest absolute Gasteiger partial charge is 0.323 e. The number of amides is 2. The summed E-state index contributed by atoms with van der Waals surface area (Å²) < 4.78 is 13.4. The Labute approximate surface area is 276 Å². The average molecular weight is 634 g/mol. The molecular weight excluding hydrogens is 590 g/mol. The molecule has 47 heavy (non-hydrogen) atoms. The van der Waals surface area contributed by atoms with Crippen LogP contribution in [0.1, 0.15) is 76.0 Å². The second-order valence-electron chi connectivity index (χ2n) is 12.2. The third kappa shape index (κ3) is 7.46. The monoisotopic (exact) mass is 633 g/mol. The average Bonchev–Trinajstić information content (AvgIpc) is 3.08. The summed E-state index contributed by atoms with van der Waals surface area (Å²) in [6.45, 7) is 11.3. The number of hydrogen-bond donors (Lipinski definition) is 2. The zero-order valence-corrected chi connectivity index (χ0v) is 28.0. The fraction of sp³-hybridized carbons (Fsp3) is 0.316. The van der Waals surface area contributed by atoms with Crippen LogP contribution in [0.3, 0.4) is 0 Å². The number of aromatic nitrogens is 3. The fourth-order valence-corrected chi connectivity index (χ4v) is 5.74. The molecule has 9 heteroatoms. The van der Waals surface area contributed by atoms with Crippen LogP contribution in [-0.2, 0) is 13.2 Å². The number of ether oxygens (including phenoxy) is 2. The van der Waals surface area contributed by atoms with E-state index in [1.165, 1.54) is 0 Å². The number of carbonyl (C=O) groups is 1. The standard InChI is InChI=1S/C38H43N5O4/c1-7-8-17-43-33-22-40-16-14-30(33)34(27-12-9-13-28(18-27)46-6)36(37(43)44)42-38(45)41-35-31(24(2)3)19-29(20-32(35)25(4)5)47-23-26-11-10-15-39-21-26/h9-16,18-22,24-25H,7-8,17,23H2,1-6H3,(H2,41,42,45). The maximum absolute atomic E-state index is 14.2. The number of fused-ring (bicyclic) bond motifs is 1. The summed E-state index contributed by atoms with van der Waals surface area (Å²) in [6.07, 6.45) is 8.64. The summed E-state index contributed by atoms with van der Waals surface area (Å²) in [5.74, 6) is 1.52. The number of aryl methyl sites for hydroxylation is 1. The van der Waals surface area contributed by atoms with Crippen LogP contribution in [0.25, 0.3) is 22.0 Å². The zero-order chi connectivity index (χ0) is 33.5. The van der Waals surface area contributed by atoms with Crippen LogP contribution in [0.2, 0.25) is 0 Å². The molecule has 0 aliphatic rings. The topological polar surface area (TPSA) is 107 Å². The first kappa shape index (κ1) is 33.2. The summed E-state index contributed by atoms with van der Waals surface area (Å²) in [6, 6.07) is 16.7. The van der Waals surface area contributed by atoms with Crippen LogP contribution in [0.5, 0.6) is 11.5 Å². The van der Waals surface area contributed by atoms with E-state index in [0.717, 1.165) is 46.2 Å². The number of methoxy groups -OCH3 is 1. The summed E-state index contributed by atoms with van der Waals surface area (Å²) >= 11 is 0. The van der Waals surface area contributed by atoms with Crippen LogP contribution in [-0.4, -0.2) is 27.7 Å². The number of carbonyl (C=O) groups excluding carboxylic acids is 1. The Morgan fingerprint density at radius 1 is 0.872 bits per heavy atom. The maximum atomic E-state index is 14.2. The predicted octanol–water partition coefficient (Wildman–Crippen LogP) is 8.74. The molecule has 0 fully saturated rings. The third-order valence-corrected chi connectivity index (χ3v) is 8.19. The number of rotatable bonds is 12. The predicted molar refractivity (Wildman–Crippen MR) is 189 cm³/mol. The van der Waals surface area contributed by atoms with Crippen molar-refractivity contribution in [3.63, 3.8) is 0 Å². The SMILES string of the molecule is CCCCn1c(=O)c(NC(=O)Nc2c(C(C)C)cc(OCc3cccnc3)cc2C(C)C)c(-c2cccc(OC)c2)c2ccncc21. The van der Waals surface area contributed by atoms with E-state index in [-0.39, 0.29) is 23.1 Å². The van der Waals surface area contributed by atoms with Gasteiger partial charge in [-0.25, -0.2) is 4.79 Å². The van der Waals surface area contributed by atoms with Crippen molar-refractivity contribution in [2.75, 3.05) is 17.7 Å². The van der Waals surface area contributed by atoms with Gasteiger partial charge in [-0.3, -0.25) is 14.8 Å². The highest BCUT2D eigenvalue weighted by Crippen LogP contribution is 2.38. The van der Waals surface area contributed by atoms with Crippen molar-refractivity contribution in [2.45, 2.75) is 72.4 Å². The highest BCUT2D eigenvalue weighted by atomic mass is 16.5. The Morgan fingerprint density at radius 2 is 1.60 bits per heavy atom. The highest BCUT2D eigenvalue weighted by Gasteiger charge is 2.23. The van der Waals surface area contributed by atoms with Crippen molar-refractivity contribution < 1.29 is 14.3 Å². The number of unbranched alkanes of at least 4 members (excludes halogenated alkanes) is 1. The number of urea groups is 1. The first-order chi connectivity index (χ1) is 22.7. The van der Waals surface area contributed by atoms with E-state index in [9.17, 15) is 9.59 Å². The fourth-order valence-electron chi connectivity index (χ4n) is 5.74. The number of anilines is 2. The van der Waals surface area contributed by atoms with Gasteiger partial charge in [0.25, 0.3) is 5.56 Å². The number of hydrogen-bond acceptors (Lipinski definition) is 6. The van der Waals surface area contributed by atoms with Crippen molar-refractivity contribution in [1.29, 1.82) is 0 Å². The number of pyridine rings is 3. The van der Waals surface area contributed by atoms with E-state index in [1.807, 2.05) is 54.6 Å². The number of benzene rings is 2. The summed E-state index contributed by atoms with van der Waals surface area (Å²) in [4.78, 5) is 36.8. The quantitative estimate of drug-likeness (QED) is 0.142. The molecule has 0 saturated heterocycles. The molecule has 2 amide bonds. The van der Waals surface area contributed by atoms with Crippen molar-refractivity contribution in [3.05, 3.63) is 106 Å². The molecule has 0 aliphatic carbocycles. The Kier molecular flexibility index (Phi) is 10.6. The molecule has 244 valence electrons. The van der Waals surface area contributed by atoms with Gasteiger partial charge in [0.05, 0.1) is 18.8 Å². The van der Waals surface area contributed by atoms with Crippen LogP contribution in [0.15, 0.2) is 84.2 Å². The molecule has 3 aromatic heterocycles. The van der Waals surface area contributed by atoms with Gasteiger partial charge in [0, 0.05) is 47.3 Å². The first-order valence-corrected chi connectivity index (χ1v) is 16.1. The Morgan fingerprint density at radius 3 is 2.26 bits per heavy atom. The van der Waals surface area contributed by atoms with Crippen LogP contribution < -0.4 is 25.7 Å². The Hall–Kier alpha value is -5.18. The second-order valence-corrected chi connectivity index (χ2v) is 12.2. The molecule has 0 atom stereocenters. The number of nitrogens with one attached hydrogen (secondary N) is 2. The molecule has 2 aromatic carbocycles. The Balaban J connectivity index is 1.58. The molecule has 0 saturated carbocycles. The lowest BCUT2D eigenvalue weighted by Crippen LogP contribution is -2.30. The summed E-state index contributed by atoms with van der Waals surface area (Å²) in [5.41, 5.74) is 5.52. The van der Waals surface area contributed by atoms with E-state index in [4.69, 9.17) is 9.47 Å². The van der Waals surface area contributed by atoms with Gasteiger partial charge in [0.1, 0.15) is 23.8 Å². The van der Waals surface area contributed by atoms with E-state index >= 15 is 0 Å². The third-order valence-electron chi connectivity index (χ3n) is 8.19. The summed E-state index contributed by atoms with van der Waals surface area (Å²) in [5, 5.41) is 6.92. The second kappa shape index (κ2) is 14.9. The molecule has 5 rings (SSSR count). The van der Waals surface area contributed by atoms with Gasteiger partial charge >= 0.3 is 6.03 Å². The molecule has 5 aromatic rings. The zero-order valence-electron chi connectivity index (χ0n) is 28.0. The maximum Gasteiger partial charge on any atom is 0.323 e. The van der Waals surface area contributed by atoms with Gasteiger partial charge in [-0.05, 0) is 71.3 Å². The van der Waals surface area contributed by atoms with Gasteiger partial charge in [-0.1, -0.05) is 59.2 Å². The van der Waals surface area contributed by atoms with Gasteiger partial charge in [-0.2, -0.15) is 0 Å². The molecule has 9 nitrogen and oxygen atoms in total. The largest absolute Gasteiger partial charge is 0.497 e. The molecule has 0 bridgehead atoms. The van der Waals surface area contributed by atoms with Crippen LogP contribution in [0.4, 0.5) is 16.2 Å². The van der Waals surface area contributed by atoms with Crippen molar-refractivity contribution in [2.24, 2.45) is 0 Å². The molecule has 3 heterocycles. The lowest BCUT2D eigenvalue weighted by atomic mass is 9.92. The lowest BCUT2D eigenvalue weighted by molar-refractivity contribution is 0.262. The van der Waals surface area contributed by atoms with E-state index in [1.54, 1.807) is 36.5 Å². The van der Waals surface area contributed by atoms with Crippen molar-refractivity contribution >= 4 is 28.3 Å². The number of nitrogens with zero attached hydrogens (tertiary/aromatic N) is 3. The molecule has 0 radical (unpaired) electrons. The van der Waals surface area contributed by atoms with Gasteiger partial charge < -0.3 is 24.7 Å². The van der Waals surface area contributed by atoms with Crippen molar-refractivity contribution in [3.8, 4) is 22.6 Å². The lowest BCUT2D eigenvalue weighted by Gasteiger charge is -2.23. The Bertz CT molecular complexity index is 1890. The van der Waals surface area contributed by atoms with Gasteiger partial charge in [0.15, 0.2) is 0 Å². The minimum atomic E-state index is -0.505. The normalized spacial score (nSPS) is 11.2.